The van der Waals surface area contributed by atoms with Crippen molar-refractivity contribution in [2.45, 2.75) is 6.42 Å². The van der Waals surface area contributed by atoms with Crippen LogP contribution < -0.4 is 10.5 Å². The fourth-order valence-corrected chi connectivity index (χ4v) is 1.31. The highest BCUT2D eigenvalue weighted by Gasteiger charge is 2.12. The van der Waals surface area contributed by atoms with Gasteiger partial charge in [0.2, 0.25) is 0 Å². The summed E-state index contributed by atoms with van der Waals surface area (Å²) >= 11 is 0. The van der Waals surface area contributed by atoms with Crippen LogP contribution in [0.2, 0.25) is 0 Å². The molecular formula is C10H10N2O. The van der Waals surface area contributed by atoms with Crippen LogP contribution in [0.4, 0.5) is 0 Å². The van der Waals surface area contributed by atoms with Crippen LogP contribution in [0.5, 0.6) is 5.75 Å². The smallest absolute Gasteiger partial charge is 0.130 e. The largest absolute Gasteiger partial charge is 0.464 e. The lowest BCUT2D eigenvalue weighted by Crippen LogP contribution is -2.18. The van der Waals surface area contributed by atoms with Crippen LogP contribution in [-0.4, -0.2) is 5.84 Å². The van der Waals surface area contributed by atoms with E-state index in [-0.39, 0.29) is 5.84 Å². The predicted molar refractivity (Wildman–Crippen MR) is 50.8 cm³/mol. The quantitative estimate of drug-likeness (QED) is 0.500. The lowest BCUT2D eigenvalue weighted by molar-refractivity contribution is 0.461. The molecule has 0 bridgehead atoms. The summed E-state index contributed by atoms with van der Waals surface area (Å²) in [5.74, 6) is 0.932. The van der Waals surface area contributed by atoms with Gasteiger partial charge in [-0.25, -0.2) is 0 Å². The SMILES string of the molecule is N=C(N)C1=COc2ccccc2C1. The van der Waals surface area contributed by atoms with E-state index in [1.165, 1.54) is 0 Å². The number of nitrogens with two attached hydrogens (primary N) is 1. The highest BCUT2D eigenvalue weighted by molar-refractivity contribution is 5.94. The molecule has 0 aliphatic carbocycles. The van der Waals surface area contributed by atoms with E-state index in [4.69, 9.17) is 15.9 Å². The Morgan fingerprint density at radius 3 is 2.92 bits per heavy atom. The molecule has 13 heavy (non-hydrogen) atoms. The number of para-hydroxylation sites is 1. The monoisotopic (exact) mass is 174 g/mol. The summed E-state index contributed by atoms with van der Waals surface area (Å²) in [6.45, 7) is 0. The number of hydrogen-bond donors (Lipinski definition) is 2. The Balaban J connectivity index is 2.33. The highest BCUT2D eigenvalue weighted by atomic mass is 16.5. The van der Waals surface area contributed by atoms with Crippen molar-refractivity contribution in [3.63, 3.8) is 0 Å². The Morgan fingerprint density at radius 2 is 2.15 bits per heavy atom. The third kappa shape index (κ3) is 1.40. The lowest BCUT2D eigenvalue weighted by Gasteiger charge is -2.15. The first-order valence-electron chi connectivity index (χ1n) is 4.05. The van der Waals surface area contributed by atoms with Crippen LogP contribution in [0.1, 0.15) is 5.56 Å². The van der Waals surface area contributed by atoms with Crippen molar-refractivity contribution in [1.82, 2.24) is 0 Å². The van der Waals surface area contributed by atoms with Crippen molar-refractivity contribution >= 4 is 5.84 Å². The van der Waals surface area contributed by atoms with Crippen molar-refractivity contribution in [3.05, 3.63) is 41.7 Å². The molecular weight excluding hydrogens is 164 g/mol. The fourth-order valence-electron chi connectivity index (χ4n) is 1.31. The summed E-state index contributed by atoms with van der Waals surface area (Å²) in [7, 11) is 0. The van der Waals surface area contributed by atoms with E-state index in [2.05, 4.69) is 0 Å². The highest BCUT2D eigenvalue weighted by Crippen LogP contribution is 2.25. The lowest BCUT2D eigenvalue weighted by atomic mass is 10.0. The van der Waals surface area contributed by atoms with Crippen LogP contribution in [0.25, 0.3) is 0 Å². The van der Waals surface area contributed by atoms with Gasteiger partial charge in [-0.3, -0.25) is 5.41 Å². The molecule has 0 fully saturated rings. The summed E-state index contributed by atoms with van der Waals surface area (Å²) in [4.78, 5) is 0. The molecule has 3 heteroatoms. The van der Waals surface area contributed by atoms with Crippen molar-refractivity contribution < 1.29 is 4.74 Å². The maximum Gasteiger partial charge on any atom is 0.130 e. The summed E-state index contributed by atoms with van der Waals surface area (Å²) in [5.41, 5.74) is 7.17. The number of fused-ring (bicyclic) bond motifs is 1. The third-order valence-corrected chi connectivity index (χ3v) is 2.03. The Morgan fingerprint density at radius 1 is 1.38 bits per heavy atom. The van der Waals surface area contributed by atoms with E-state index in [1.807, 2.05) is 24.3 Å². The molecule has 0 aromatic heterocycles. The standard InChI is InChI=1S/C10H10N2O/c11-10(12)8-5-7-3-1-2-4-9(7)13-6-8/h1-4,6H,5H2,(H3,11,12). The van der Waals surface area contributed by atoms with Crippen LogP contribution in [-0.2, 0) is 6.42 Å². The Kier molecular flexibility index (Phi) is 1.77. The van der Waals surface area contributed by atoms with Gasteiger partial charge in [0.15, 0.2) is 0 Å². The van der Waals surface area contributed by atoms with Crippen LogP contribution in [0.3, 0.4) is 0 Å². The molecule has 0 atom stereocenters. The van der Waals surface area contributed by atoms with Gasteiger partial charge in [0.1, 0.15) is 11.6 Å². The second kappa shape index (κ2) is 2.94. The fraction of sp³-hybridized carbons (Fsp3) is 0.100. The molecule has 2 rings (SSSR count). The van der Waals surface area contributed by atoms with Gasteiger partial charge in [0.25, 0.3) is 0 Å². The first-order chi connectivity index (χ1) is 6.27. The molecule has 1 aromatic rings. The minimum Gasteiger partial charge on any atom is -0.464 e. The van der Waals surface area contributed by atoms with E-state index < -0.39 is 0 Å². The molecule has 66 valence electrons. The number of ether oxygens (including phenoxy) is 1. The first-order valence-corrected chi connectivity index (χ1v) is 4.05. The van der Waals surface area contributed by atoms with Crippen LogP contribution in [0.15, 0.2) is 36.1 Å². The van der Waals surface area contributed by atoms with Gasteiger partial charge in [-0.1, -0.05) is 18.2 Å². The molecule has 1 aromatic carbocycles. The van der Waals surface area contributed by atoms with Crippen molar-refractivity contribution in [2.75, 3.05) is 0 Å². The number of amidine groups is 1. The van der Waals surface area contributed by atoms with E-state index >= 15 is 0 Å². The predicted octanol–water partition coefficient (Wildman–Crippen LogP) is 1.44. The molecule has 1 aliphatic heterocycles. The van der Waals surface area contributed by atoms with Crippen LogP contribution >= 0.6 is 0 Å². The van der Waals surface area contributed by atoms with Crippen LogP contribution in [0, 0.1) is 5.41 Å². The van der Waals surface area contributed by atoms with E-state index in [9.17, 15) is 0 Å². The zero-order valence-electron chi connectivity index (χ0n) is 7.08. The topological polar surface area (TPSA) is 59.1 Å². The molecule has 3 N–H and O–H groups in total. The van der Waals surface area contributed by atoms with Crippen molar-refractivity contribution in [3.8, 4) is 5.75 Å². The summed E-state index contributed by atoms with van der Waals surface area (Å²) < 4.78 is 5.31. The summed E-state index contributed by atoms with van der Waals surface area (Å²) in [6, 6.07) is 7.75. The molecule has 0 amide bonds. The van der Waals surface area contributed by atoms with Gasteiger partial charge in [-0.15, -0.1) is 0 Å². The Bertz CT molecular complexity index is 382. The molecule has 0 saturated carbocycles. The number of rotatable bonds is 1. The second-order valence-corrected chi connectivity index (χ2v) is 2.96. The number of hydrogen-bond acceptors (Lipinski definition) is 2. The van der Waals surface area contributed by atoms with Gasteiger partial charge in [-0.05, 0) is 11.6 Å². The second-order valence-electron chi connectivity index (χ2n) is 2.96. The molecule has 1 heterocycles. The van der Waals surface area contributed by atoms with E-state index in [0.717, 1.165) is 16.9 Å². The van der Waals surface area contributed by atoms with Crippen molar-refractivity contribution in [1.29, 1.82) is 5.41 Å². The van der Waals surface area contributed by atoms with Crippen molar-refractivity contribution in [2.24, 2.45) is 5.73 Å². The summed E-state index contributed by atoms with van der Waals surface area (Å²) in [5, 5.41) is 7.26. The molecule has 1 aliphatic rings. The van der Waals surface area contributed by atoms with Gasteiger partial charge in [0.05, 0.1) is 6.26 Å². The van der Waals surface area contributed by atoms with E-state index in [0.29, 0.717) is 6.42 Å². The zero-order chi connectivity index (χ0) is 9.26. The van der Waals surface area contributed by atoms with E-state index in [1.54, 1.807) is 6.26 Å². The Hall–Kier alpha value is -1.77. The minimum absolute atomic E-state index is 0.0782. The summed E-state index contributed by atoms with van der Waals surface area (Å²) in [6.07, 6.45) is 2.23. The Labute approximate surface area is 76.3 Å². The first kappa shape index (κ1) is 7.86. The maximum atomic E-state index is 7.26. The average Bonchev–Trinajstić information content (AvgIpc) is 2.17. The van der Waals surface area contributed by atoms with Gasteiger partial charge in [-0.2, -0.15) is 0 Å². The molecule has 0 spiro atoms. The average molecular weight is 174 g/mol. The number of nitrogens with one attached hydrogen (secondary N) is 1. The zero-order valence-corrected chi connectivity index (χ0v) is 7.08. The van der Waals surface area contributed by atoms with Gasteiger partial charge >= 0.3 is 0 Å². The van der Waals surface area contributed by atoms with Gasteiger partial charge < -0.3 is 10.5 Å². The third-order valence-electron chi connectivity index (χ3n) is 2.03. The minimum atomic E-state index is 0.0782. The number of benzene rings is 1. The normalized spacial score (nSPS) is 14.0. The molecule has 0 unspecified atom stereocenters. The van der Waals surface area contributed by atoms with Gasteiger partial charge in [0, 0.05) is 12.0 Å². The molecule has 0 radical (unpaired) electrons. The molecule has 0 saturated heterocycles. The molecule has 3 nitrogen and oxygen atoms in total. The maximum absolute atomic E-state index is 7.26.